The van der Waals surface area contributed by atoms with Crippen LogP contribution in [-0.4, -0.2) is 34.5 Å². The molecular formula is C12H15N3O3. The average Bonchev–Trinajstić information content (AvgIpc) is 3.09. The van der Waals surface area contributed by atoms with Crippen molar-refractivity contribution in [3.05, 3.63) is 18.0 Å². The van der Waals surface area contributed by atoms with Crippen LogP contribution in [0.3, 0.4) is 0 Å². The Morgan fingerprint density at radius 2 is 2.28 bits per heavy atom. The number of hydrogen-bond donors (Lipinski definition) is 1. The van der Waals surface area contributed by atoms with Crippen LogP contribution >= 0.6 is 0 Å². The van der Waals surface area contributed by atoms with Crippen LogP contribution in [-0.2, 0) is 16.1 Å². The summed E-state index contributed by atoms with van der Waals surface area (Å²) in [5.74, 6) is 0.920. The molecule has 2 fully saturated rings. The summed E-state index contributed by atoms with van der Waals surface area (Å²) in [6.45, 7) is 0.825. The van der Waals surface area contributed by atoms with Gasteiger partial charge in [-0.25, -0.2) is 0 Å². The molecule has 1 aliphatic heterocycles. The molecule has 3 rings (SSSR count). The fourth-order valence-electron chi connectivity index (χ4n) is 2.27. The molecule has 1 saturated heterocycles. The maximum atomic E-state index is 12.3. The number of carbonyl (C=O) groups excluding carboxylic acids is 2. The summed E-state index contributed by atoms with van der Waals surface area (Å²) in [7, 11) is 0. The smallest absolute Gasteiger partial charge is 0.245 e. The molecule has 0 spiro atoms. The quantitative estimate of drug-likeness (QED) is 0.836. The highest BCUT2D eigenvalue weighted by atomic mass is 16.5. The Morgan fingerprint density at radius 3 is 2.94 bits per heavy atom. The zero-order valence-electron chi connectivity index (χ0n) is 9.96. The molecule has 0 bridgehead atoms. The van der Waals surface area contributed by atoms with Crippen LogP contribution in [0.15, 0.2) is 16.8 Å². The predicted molar refractivity (Wildman–Crippen MR) is 61.2 cm³/mol. The monoisotopic (exact) mass is 249 g/mol. The van der Waals surface area contributed by atoms with Crippen LogP contribution < -0.4 is 5.32 Å². The van der Waals surface area contributed by atoms with E-state index in [2.05, 4.69) is 10.5 Å². The summed E-state index contributed by atoms with van der Waals surface area (Å²) in [6.07, 6.45) is 3.95. The molecule has 1 aromatic rings. The van der Waals surface area contributed by atoms with Crippen molar-refractivity contribution in [2.75, 3.05) is 6.54 Å². The van der Waals surface area contributed by atoms with E-state index >= 15 is 0 Å². The van der Waals surface area contributed by atoms with E-state index in [1.165, 1.54) is 0 Å². The summed E-state index contributed by atoms with van der Waals surface area (Å²) in [6, 6.07) is 1.39. The molecule has 2 aliphatic rings. The lowest BCUT2D eigenvalue weighted by atomic mass is 10.1. The molecule has 1 aromatic heterocycles. The van der Waals surface area contributed by atoms with E-state index in [0.717, 1.165) is 12.8 Å². The van der Waals surface area contributed by atoms with Gasteiger partial charge in [-0.3, -0.25) is 9.59 Å². The molecule has 96 valence electrons. The SMILES string of the molecule is O=C1CCN(Cc2ccno2)C(=O)C(C2CC2)N1. The van der Waals surface area contributed by atoms with Crippen LogP contribution in [0.1, 0.15) is 25.0 Å². The van der Waals surface area contributed by atoms with E-state index in [9.17, 15) is 9.59 Å². The Bertz CT molecular complexity index is 453. The first kappa shape index (κ1) is 11.3. The summed E-state index contributed by atoms with van der Waals surface area (Å²) in [5, 5.41) is 6.45. The van der Waals surface area contributed by atoms with Crippen molar-refractivity contribution in [3.63, 3.8) is 0 Å². The lowest BCUT2D eigenvalue weighted by Crippen LogP contribution is -2.45. The molecule has 0 radical (unpaired) electrons. The van der Waals surface area contributed by atoms with Crippen molar-refractivity contribution < 1.29 is 14.1 Å². The van der Waals surface area contributed by atoms with Crippen molar-refractivity contribution in [2.45, 2.75) is 31.8 Å². The number of carbonyl (C=O) groups is 2. The first-order valence-electron chi connectivity index (χ1n) is 6.22. The molecule has 18 heavy (non-hydrogen) atoms. The number of hydrogen-bond acceptors (Lipinski definition) is 4. The van der Waals surface area contributed by atoms with Crippen molar-refractivity contribution in [1.29, 1.82) is 0 Å². The van der Waals surface area contributed by atoms with Gasteiger partial charge in [-0.15, -0.1) is 0 Å². The standard InChI is InChI=1S/C12H15N3O3/c16-10-4-6-15(7-9-3-5-13-18-9)12(17)11(14-10)8-1-2-8/h3,5,8,11H,1-2,4,6-7H2,(H,14,16). The Kier molecular flexibility index (Phi) is 2.77. The summed E-state index contributed by atoms with van der Waals surface area (Å²) in [4.78, 5) is 25.6. The Balaban J connectivity index is 1.75. The average molecular weight is 249 g/mol. The van der Waals surface area contributed by atoms with Crippen molar-refractivity contribution in [1.82, 2.24) is 15.4 Å². The van der Waals surface area contributed by atoms with E-state index in [4.69, 9.17) is 4.52 Å². The molecule has 1 N–H and O–H groups in total. The van der Waals surface area contributed by atoms with E-state index < -0.39 is 0 Å². The van der Waals surface area contributed by atoms with Crippen LogP contribution in [0.2, 0.25) is 0 Å². The molecule has 1 unspecified atom stereocenters. The molecule has 1 atom stereocenters. The third kappa shape index (κ3) is 2.23. The predicted octanol–water partition coefficient (Wildman–Crippen LogP) is 0.302. The largest absolute Gasteiger partial charge is 0.360 e. The molecular weight excluding hydrogens is 234 g/mol. The lowest BCUT2D eigenvalue weighted by molar-refractivity contribution is -0.134. The third-order valence-electron chi connectivity index (χ3n) is 3.43. The highest BCUT2D eigenvalue weighted by Gasteiger charge is 2.41. The minimum absolute atomic E-state index is 0.000231. The maximum absolute atomic E-state index is 12.3. The molecule has 2 amide bonds. The van der Waals surface area contributed by atoms with E-state index in [1.807, 2.05) is 0 Å². The van der Waals surface area contributed by atoms with Gasteiger partial charge in [0.15, 0.2) is 5.76 Å². The first-order valence-corrected chi connectivity index (χ1v) is 6.22. The third-order valence-corrected chi connectivity index (χ3v) is 3.43. The normalized spacial score (nSPS) is 24.9. The van der Waals surface area contributed by atoms with Crippen LogP contribution in [0, 0.1) is 5.92 Å². The Hall–Kier alpha value is -1.85. The van der Waals surface area contributed by atoms with Gasteiger partial charge in [0.05, 0.1) is 12.7 Å². The Labute approximate surface area is 104 Å². The minimum Gasteiger partial charge on any atom is -0.360 e. The molecule has 0 aromatic carbocycles. The molecule has 6 heteroatoms. The second-order valence-electron chi connectivity index (χ2n) is 4.87. The highest BCUT2D eigenvalue weighted by Crippen LogP contribution is 2.34. The van der Waals surface area contributed by atoms with Gasteiger partial charge in [0.2, 0.25) is 11.8 Å². The van der Waals surface area contributed by atoms with Crippen LogP contribution in [0.5, 0.6) is 0 Å². The summed E-state index contributed by atoms with van der Waals surface area (Å²) in [5.41, 5.74) is 0. The number of aromatic nitrogens is 1. The van der Waals surface area contributed by atoms with Gasteiger partial charge >= 0.3 is 0 Å². The van der Waals surface area contributed by atoms with Crippen molar-refractivity contribution in [3.8, 4) is 0 Å². The van der Waals surface area contributed by atoms with Gasteiger partial charge in [-0.1, -0.05) is 5.16 Å². The Morgan fingerprint density at radius 1 is 1.44 bits per heavy atom. The summed E-state index contributed by atoms with van der Waals surface area (Å²) < 4.78 is 5.01. The molecule has 2 heterocycles. The fraction of sp³-hybridized carbons (Fsp3) is 0.583. The minimum atomic E-state index is -0.345. The van der Waals surface area contributed by atoms with Crippen LogP contribution in [0.4, 0.5) is 0 Å². The number of nitrogens with zero attached hydrogens (tertiary/aromatic N) is 2. The second kappa shape index (κ2) is 4.44. The van der Waals surface area contributed by atoms with Gasteiger partial charge in [-0.2, -0.15) is 0 Å². The number of rotatable bonds is 3. The van der Waals surface area contributed by atoms with Gasteiger partial charge < -0.3 is 14.7 Å². The second-order valence-corrected chi connectivity index (χ2v) is 4.87. The zero-order chi connectivity index (χ0) is 12.5. The van der Waals surface area contributed by atoms with Crippen molar-refractivity contribution in [2.24, 2.45) is 5.92 Å². The van der Waals surface area contributed by atoms with Crippen molar-refractivity contribution >= 4 is 11.8 Å². The van der Waals surface area contributed by atoms with E-state index in [1.54, 1.807) is 17.2 Å². The van der Waals surface area contributed by atoms with Gasteiger partial charge in [0.1, 0.15) is 6.04 Å². The highest BCUT2D eigenvalue weighted by molar-refractivity contribution is 5.90. The zero-order valence-corrected chi connectivity index (χ0v) is 9.96. The van der Waals surface area contributed by atoms with Crippen LogP contribution in [0.25, 0.3) is 0 Å². The van der Waals surface area contributed by atoms with E-state index in [-0.39, 0.29) is 17.9 Å². The molecule has 6 nitrogen and oxygen atoms in total. The number of amides is 2. The van der Waals surface area contributed by atoms with Gasteiger partial charge in [-0.05, 0) is 18.8 Å². The fourth-order valence-corrected chi connectivity index (χ4v) is 2.27. The number of nitrogens with one attached hydrogen (secondary N) is 1. The van der Waals surface area contributed by atoms with E-state index in [0.29, 0.717) is 31.2 Å². The topological polar surface area (TPSA) is 75.4 Å². The molecule has 1 aliphatic carbocycles. The van der Waals surface area contributed by atoms with Gasteiger partial charge in [0, 0.05) is 19.0 Å². The summed E-state index contributed by atoms with van der Waals surface area (Å²) >= 11 is 0. The van der Waals surface area contributed by atoms with Gasteiger partial charge in [0.25, 0.3) is 0 Å². The first-order chi connectivity index (χ1) is 8.74. The molecule has 1 saturated carbocycles. The maximum Gasteiger partial charge on any atom is 0.245 e. The lowest BCUT2D eigenvalue weighted by Gasteiger charge is -2.22.